The molecule has 0 N–H and O–H groups in total. The molecule has 216 valence electrons. The zero-order chi connectivity index (χ0) is 30.7. The Balaban J connectivity index is 1.35. The van der Waals surface area contributed by atoms with Crippen molar-refractivity contribution in [2.45, 2.75) is 0 Å². The maximum Gasteiger partial charge on any atom is 0.0721 e. The van der Waals surface area contributed by atoms with Crippen LogP contribution in [-0.4, -0.2) is 4.98 Å². The van der Waals surface area contributed by atoms with Crippen LogP contribution in [0.3, 0.4) is 0 Å². The van der Waals surface area contributed by atoms with E-state index < -0.39 is 0 Å². The van der Waals surface area contributed by atoms with E-state index in [1.807, 2.05) is 0 Å². The average Bonchev–Trinajstić information content (AvgIpc) is 3.13. The molecule has 0 unspecified atom stereocenters. The summed E-state index contributed by atoms with van der Waals surface area (Å²) in [6.45, 7) is 0. The Hall–Kier alpha value is -6.05. The fourth-order valence-electron chi connectivity index (χ4n) is 6.33. The molecule has 0 aliphatic carbocycles. The molecule has 1 heterocycles. The lowest BCUT2D eigenvalue weighted by molar-refractivity contribution is 1.36. The summed E-state index contributed by atoms with van der Waals surface area (Å²) in [7, 11) is 0. The van der Waals surface area contributed by atoms with Crippen LogP contribution < -0.4 is 0 Å². The zero-order valence-electron chi connectivity index (χ0n) is 25.3. The highest BCUT2D eigenvalue weighted by molar-refractivity contribution is 6.05. The van der Waals surface area contributed by atoms with Crippen molar-refractivity contribution in [3.8, 4) is 11.1 Å². The van der Waals surface area contributed by atoms with Crippen molar-refractivity contribution in [1.29, 1.82) is 0 Å². The third-order valence-corrected chi connectivity index (χ3v) is 8.66. The predicted molar refractivity (Wildman–Crippen MR) is 197 cm³/mol. The van der Waals surface area contributed by atoms with Crippen molar-refractivity contribution in [2.75, 3.05) is 0 Å². The van der Waals surface area contributed by atoms with Gasteiger partial charge in [0.25, 0.3) is 0 Å². The van der Waals surface area contributed by atoms with Crippen molar-refractivity contribution in [1.82, 2.24) is 4.98 Å². The Kier molecular flexibility index (Phi) is 7.26. The molecule has 0 atom stereocenters. The molecule has 0 spiro atoms. The molecule has 1 aromatic heterocycles. The number of aromatic nitrogens is 1. The van der Waals surface area contributed by atoms with Gasteiger partial charge in [-0.3, -0.25) is 0 Å². The largest absolute Gasteiger partial charge is 0.248 e. The molecular formula is C45H31N. The zero-order valence-corrected chi connectivity index (χ0v) is 25.3. The maximum atomic E-state index is 5.22. The van der Waals surface area contributed by atoms with E-state index in [0.29, 0.717) is 0 Å². The summed E-state index contributed by atoms with van der Waals surface area (Å²) in [6, 6.07) is 60.4. The second kappa shape index (κ2) is 12.1. The second-order valence-electron chi connectivity index (χ2n) is 11.6. The molecule has 1 nitrogen and oxygen atoms in total. The second-order valence-corrected chi connectivity index (χ2v) is 11.6. The molecule has 0 aliphatic rings. The number of fused-ring (bicyclic) bond motifs is 3. The number of benzene rings is 7. The summed E-state index contributed by atoms with van der Waals surface area (Å²) in [6.07, 6.45) is 6.65. The van der Waals surface area contributed by atoms with Crippen LogP contribution in [0.1, 0.15) is 27.9 Å². The van der Waals surface area contributed by atoms with E-state index in [4.69, 9.17) is 4.98 Å². The maximum absolute atomic E-state index is 5.22. The van der Waals surface area contributed by atoms with E-state index >= 15 is 0 Å². The summed E-state index contributed by atoms with van der Waals surface area (Å²) in [5.74, 6) is 0. The first-order valence-electron chi connectivity index (χ1n) is 15.7. The van der Waals surface area contributed by atoms with E-state index in [9.17, 15) is 0 Å². The van der Waals surface area contributed by atoms with Gasteiger partial charge in [-0.1, -0.05) is 158 Å². The van der Waals surface area contributed by atoms with Gasteiger partial charge in [0, 0.05) is 5.39 Å². The van der Waals surface area contributed by atoms with Crippen LogP contribution >= 0.6 is 0 Å². The van der Waals surface area contributed by atoms with Crippen LogP contribution in [-0.2, 0) is 0 Å². The minimum atomic E-state index is 0.917. The molecule has 0 amide bonds. The molecular weight excluding hydrogens is 555 g/mol. The summed E-state index contributed by atoms with van der Waals surface area (Å²) in [5, 5.41) is 6.06. The molecule has 0 bridgehead atoms. The Morgan fingerprint density at radius 3 is 2.02 bits per heavy atom. The van der Waals surface area contributed by atoms with Crippen LogP contribution in [0.2, 0.25) is 0 Å². The van der Waals surface area contributed by atoms with Crippen LogP contribution in [0, 0.1) is 0 Å². The first kappa shape index (κ1) is 27.5. The number of rotatable bonds is 6. The highest BCUT2D eigenvalue weighted by atomic mass is 14.7. The monoisotopic (exact) mass is 585 g/mol. The van der Waals surface area contributed by atoms with Crippen molar-refractivity contribution in [2.24, 2.45) is 0 Å². The van der Waals surface area contributed by atoms with Gasteiger partial charge in [-0.2, -0.15) is 0 Å². The Morgan fingerprint density at radius 2 is 1.17 bits per heavy atom. The van der Waals surface area contributed by atoms with Gasteiger partial charge in [0.2, 0.25) is 0 Å². The Morgan fingerprint density at radius 1 is 0.457 bits per heavy atom. The first-order valence-corrected chi connectivity index (χ1v) is 15.7. The van der Waals surface area contributed by atoms with E-state index in [1.54, 1.807) is 0 Å². The van der Waals surface area contributed by atoms with Crippen LogP contribution in [0.15, 0.2) is 170 Å². The molecule has 0 fully saturated rings. The lowest BCUT2D eigenvalue weighted by atomic mass is 9.90. The van der Waals surface area contributed by atoms with Gasteiger partial charge >= 0.3 is 0 Å². The fourth-order valence-corrected chi connectivity index (χ4v) is 6.33. The Bertz CT molecular complexity index is 2390. The summed E-state index contributed by atoms with van der Waals surface area (Å²) >= 11 is 0. The lowest BCUT2D eigenvalue weighted by Crippen LogP contribution is -1.95. The quantitative estimate of drug-likeness (QED) is 0.177. The molecule has 0 aliphatic heterocycles. The van der Waals surface area contributed by atoms with E-state index in [1.165, 1.54) is 38.2 Å². The highest BCUT2D eigenvalue weighted by Gasteiger charge is 2.14. The number of hydrogen-bond donors (Lipinski definition) is 0. The topological polar surface area (TPSA) is 12.9 Å². The first-order chi connectivity index (χ1) is 22.8. The van der Waals surface area contributed by atoms with Gasteiger partial charge in [-0.05, 0) is 90.8 Å². The van der Waals surface area contributed by atoms with Crippen molar-refractivity contribution in [3.05, 3.63) is 198 Å². The molecule has 8 rings (SSSR count). The van der Waals surface area contributed by atoms with Gasteiger partial charge in [0.05, 0.1) is 11.2 Å². The molecule has 0 radical (unpaired) electrons. The standard InChI is InChI=1S/C45H31N/c1-3-12-33(13-4-1)38-25-27-42-44(31-40(46-45(42)30-38)26-23-32-22-24-34-14-7-8-18-37(34)28-32)43(36-15-5-2-6-16-36)29-39-20-11-19-35-17-9-10-21-41(35)39/h1-31H/b26-23+,43-29+. The van der Waals surface area contributed by atoms with Gasteiger partial charge in [0.1, 0.15) is 0 Å². The van der Waals surface area contributed by atoms with Gasteiger partial charge in [0.15, 0.2) is 0 Å². The van der Waals surface area contributed by atoms with Gasteiger partial charge in [-0.15, -0.1) is 0 Å². The third kappa shape index (κ3) is 5.51. The summed E-state index contributed by atoms with van der Waals surface area (Å²) in [5.41, 5.74) is 10.0. The average molecular weight is 586 g/mol. The lowest BCUT2D eigenvalue weighted by Gasteiger charge is -2.15. The van der Waals surface area contributed by atoms with Crippen molar-refractivity contribution >= 4 is 56.2 Å². The third-order valence-electron chi connectivity index (χ3n) is 8.66. The molecule has 0 saturated heterocycles. The number of nitrogens with zero attached hydrogens (tertiary/aromatic N) is 1. The van der Waals surface area contributed by atoms with Gasteiger partial charge < -0.3 is 0 Å². The van der Waals surface area contributed by atoms with Gasteiger partial charge in [-0.25, -0.2) is 4.98 Å². The minimum absolute atomic E-state index is 0.917. The molecule has 1 heteroatoms. The van der Waals surface area contributed by atoms with Crippen LogP contribution in [0.4, 0.5) is 0 Å². The number of hydrogen-bond acceptors (Lipinski definition) is 1. The normalized spacial score (nSPS) is 12.0. The minimum Gasteiger partial charge on any atom is -0.248 e. The van der Waals surface area contributed by atoms with Crippen molar-refractivity contribution in [3.63, 3.8) is 0 Å². The highest BCUT2D eigenvalue weighted by Crippen LogP contribution is 2.35. The molecule has 8 aromatic rings. The molecule has 46 heavy (non-hydrogen) atoms. The fraction of sp³-hybridized carbons (Fsp3) is 0. The van der Waals surface area contributed by atoms with E-state index in [2.05, 4.69) is 188 Å². The molecule has 7 aromatic carbocycles. The smallest absolute Gasteiger partial charge is 0.0721 e. The summed E-state index contributed by atoms with van der Waals surface area (Å²) in [4.78, 5) is 5.22. The van der Waals surface area contributed by atoms with Crippen molar-refractivity contribution < 1.29 is 0 Å². The van der Waals surface area contributed by atoms with Crippen LogP contribution in [0.25, 0.3) is 67.4 Å². The predicted octanol–water partition coefficient (Wildman–Crippen LogP) is 12.0. The molecule has 0 saturated carbocycles. The Labute approximate surface area is 269 Å². The van der Waals surface area contributed by atoms with E-state index in [0.717, 1.165) is 38.9 Å². The van der Waals surface area contributed by atoms with E-state index in [-0.39, 0.29) is 0 Å². The van der Waals surface area contributed by atoms with Crippen LogP contribution in [0.5, 0.6) is 0 Å². The number of pyridine rings is 1. The SMILES string of the molecule is C(=C\c1cc(/C(=C/c2cccc3ccccc23)c2ccccc2)c2ccc(-c3ccccc3)cc2n1)/c1ccc2ccccc2c1. The summed E-state index contributed by atoms with van der Waals surface area (Å²) < 4.78 is 0.